The van der Waals surface area contributed by atoms with Crippen molar-refractivity contribution in [2.24, 2.45) is 7.05 Å². The molecule has 0 spiro atoms. The molecule has 0 radical (unpaired) electrons. The Labute approximate surface area is 147 Å². The first-order valence-electron chi connectivity index (χ1n) is 8.51. The van der Waals surface area contributed by atoms with E-state index in [1.165, 1.54) is 30.2 Å². The molecule has 128 valence electrons. The van der Waals surface area contributed by atoms with Gasteiger partial charge >= 0.3 is 0 Å². The fraction of sp³-hybridized carbons (Fsp3) is 0.500. The van der Waals surface area contributed by atoms with Gasteiger partial charge in [0.05, 0.1) is 5.75 Å². The lowest BCUT2D eigenvalue weighted by atomic mass is 9.97. The zero-order valence-corrected chi connectivity index (χ0v) is 15.3. The fourth-order valence-electron chi connectivity index (χ4n) is 2.73. The standard InChI is InChI=1S/C18H24N4OS/c1-4-12(2)14-7-5-6-8-15(14)19-16(23)11-24-18-21-20-17(22(18)3)13-9-10-13/h5-8,12-13H,4,9-11H2,1-3H3,(H,19,23)/t12-/m0/s1. The minimum Gasteiger partial charge on any atom is -0.325 e. The van der Waals surface area contributed by atoms with E-state index < -0.39 is 0 Å². The number of carbonyl (C=O) groups excluding carboxylic acids is 1. The predicted octanol–water partition coefficient (Wildman–Crippen LogP) is 3.94. The monoisotopic (exact) mass is 344 g/mol. The summed E-state index contributed by atoms with van der Waals surface area (Å²) in [6.45, 7) is 4.34. The third kappa shape index (κ3) is 3.80. The molecule has 5 nitrogen and oxygen atoms in total. The second-order valence-electron chi connectivity index (χ2n) is 6.41. The van der Waals surface area contributed by atoms with Gasteiger partial charge in [0.15, 0.2) is 5.16 Å². The van der Waals surface area contributed by atoms with Crippen molar-refractivity contribution < 1.29 is 4.79 Å². The molecule has 1 aliphatic rings. The smallest absolute Gasteiger partial charge is 0.234 e. The number of amides is 1. The summed E-state index contributed by atoms with van der Waals surface area (Å²) in [5.41, 5.74) is 2.10. The van der Waals surface area contributed by atoms with Gasteiger partial charge in [0.2, 0.25) is 5.91 Å². The number of rotatable bonds is 7. The molecule has 0 saturated heterocycles. The van der Waals surface area contributed by atoms with Gasteiger partial charge < -0.3 is 9.88 Å². The molecule has 1 aliphatic carbocycles. The number of anilines is 1. The van der Waals surface area contributed by atoms with Gasteiger partial charge in [-0.25, -0.2) is 0 Å². The Morgan fingerprint density at radius 2 is 2.12 bits per heavy atom. The van der Waals surface area contributed by atoms with Crippen LogP contribution in [0.25, 0.3) is 0 Å². The minimum atomic E-state index is -0.00766. The Balaban J connectivity index is 1.60. The summed E-state index contributed by atoms with van der Waals surface area (Å²) in [5.74, 6) is 2.36. The van der Waals surface area contributed by atoms with E-state index in [9.17, 15) is 4.79 Å². The molecule has 6 heteroatoms. The molecule has 1 N–H and O–H groups in total. The maximum absolute atomic E-state index is 12.3. The van der Waals surface area contributed by atoms with E-state index in [0.717, 1.165) is 23.1 Å². The van der Waals surface area contributed by atoms with Crippen LogP contribution in [0.2, 0.25) is 0 Å². The van der Waals surface area contributed by atoms with E-state index in [-0.39, 0.29) is 5.91 Å². The first kappa shape index (κ1) is 17.0. The molecule has 3 rings (SSSR count). The third-order valence-electron chi connectivity index (χ3n) is 4.52. The van der Waals surface area contributed by atoms with E-state index in [0.29, 0.717) is 17.6 Å². The van der Waals surface area contributed by atoms with Crippen molar-refractivity contribution >= 4 is 23.4 Å². The van der Waals surface area contributed by atoms with Gasteiger partial charge in [0.1, 0.15) is 5.82 Å². The summed E-state index contributed by atoms with van der Waals surface area (Å²) < 4.78 is 2.02. The molecule has 0 unspecified atom stereocenters. The van der Waals surface area contributed by atoms with Crippen LogP contribution in [0.4, 0.5) is 5.69 Å². The van der Waals surface area contributed by atoms with E-state index >= 15 is 0 Å². The highest BCUT2D eigenvalue weighted by Gasteiger charge is 2.29. The van der Waals surface area contributed by atoms with Gasteiger partial charge in [-0.05, 0) is 36.8 Å². The summed E-state index contributed by atoms with van der Waals surface area (Å²) in [6, 6.07) is 8.03. The van der Waals surface area contributed by atoms with Crippen molar-refractivity contribution in [2.75, 3.05) is 11.1 Å². The van der Waals surface area contributed by atoms with Crippen LogP contribution >= 0.6 is 11.8 Å². The largest absolute Gasteiger partial charge is 0.325 e. The quantitative estimate of drug-likeness (QED) is 0.773. The predicted molar refractivity (Wildman–Crippen MR) is 97.5 cm³/mol. The molecule has 1 atom stereocenters. The molecular weight excluding hydrogens is 320 g/mol. The van der Waals surface area contributed by atoms with Gasteiger partial charge in [-0.3, -0.25) is 4.79 Å². The molecule has 0 aliphatic heterocycles. The maximum atomic E-state index is 12.3. The number of para-hydroxylation sites is 1. The Morgan fingerprint density at radius 3 is 2.83 bits per heavy atom. The summed E-state index contributed by atoms with van der Waals surface area (Å²) >= 11 is 1.44. The first-order valence-corrected chi connectivity index (χ1v) is 9.49. The zero-order chi connectivity index (χ0) is 17.1. The van der Waals surface area contributed by atoms with Crippen LogP contribution in [0.1, 0.15) is 56.3 Å². The lowest BCUT2D eigenvalue weighted by molar-refractivity contribution is -0.113. The second-order valence-corrected chi connectivity index (χ2v) is 7.35. The number of benzene rings is 1. The molecule has 1 aromatic carbocycles. The van der Waals surface area contributed by atoms with Crippen molar-refractivity contribution in [1.29, 1.82) is 0 Å². The van der Waals surface area contributed by atoms with Gasteiger partial charge in [-0.1, -0.05) is 43.8 Å². The van der Waals surface area contributed by atoms with Crippen LogP contribution in [-0.2, 0) is 11.8 Å². The van der Waals surface area contributed by atoms with Crippen LogP contribution in [0.15, 0.2) is 29.4 Å². The molecule has 1 saturated carbocycles. The number of nitrogens with one attached hydrogen (secondary N) is 1. The molecule has 24 heavy (non-hydrogen) atoms. The zero-order valence-electron chi connectivity index (χ0n) is 14.5. The van der Waals surface area contributed by atoms with Crippen molar-refractivity contribution in [3.63, 3.8) is 0 Å². The summed E-state index contributed by atoms with van der Waals surface area (Å²) in [5, 5.41) is 12.3. The number of carbonyl (C=O) groups is 1. The number of thioether (sulfide) groups is 1. The van der Waals surface area contributed by atoms with Crippen LogP contribution < -0.4 is 5.32 Å². The van der Waals surface area contributed by atoms with Gasteiger partial charge in [0.25, 0.3) is 0 Å². The average molecular weight is 344 g/mol. The van der Waals surface area contributed by atoms with Crippen molar-refractivity contribution in [3.05, 3.63) is 35.7 Å². The minimum absolute atomic E-state index is 0.00766. The molecule has 1 fully saturated rings. The van der Waals surface area contributed by atoms with E-state index in [1.807, 2.05) is 29.8 Å². The van der Waals surface area contributed by atoms with Crippen molar-refractivity contribution in [1.82, 2.24) is 14.8 Å². The van der Waals surface area contributed by atoms with Crippen LogP contribution in [0.3, 0.4) is 0 Å². The summed E-state index contributed by atoms with van der Waals surface area (Å²) in [7, 11) is 1.98. The van der Waals surface area contributed by atoms with Crippen molar-refractivity contribution in [2.45, 2.75) is 50.1 Å². The van der Waals surface area contributed by atoms with Gasteiger partial charge in [0, 0.05) is 18.7 Å². The fourth-order valence-corrected chi connectivity index (χ4v) is 3.44. The molecular formula is C18H24N4OS. The number of nitrogens with zero attached hydrogens (tertiary/aromatic N) is 3. The normalized spacial score (nSPS) is 15.3. The highest BCUT2D eigenvalue weighted by Crippen LogP contribution is 2.39. The SMILES string of the molecule is CC[C@H](C)c1ccccc1NC(=O)CSc1nnc(C2CC2)n1C. The van der Waals surface area contributed by atoms with Crippen LogP contribution in [-0.4, -0.2) is 26.4 Å². The van der Waals surface area contributed by atoms with E-state index in [1.54, 1.807) is 0 Å². The van der Waals surface area contributed by atoms with Crippen LogP contribution in [0.5, 0.6) is 0 Å². The number of hydrogen-bond acceptors (Lipinski definition) is 4. The molecule has 1 aromatic heterocycles. The van der Waals surface area contributed by atoms with Gasteiger partial charge in [-0.15, -0.1) is 10.2 Å². The Bertz CT molecular complexity index is 724. The average Bonchev–Trinajstić information content (AvgIpc) is 3.36. The third-order valence-corrected chi connectivity index (χ3v) is 5.54. The number of aromatic nitrogens is 3. The molecule has 1 heterocycles. The number of hydrogen-bond donors (Lipinski definition) is 1. The highest BCUT2D eigenvalue weighted by molar-refractivity contribution is 7.99. The lowest BCUT2D eigenvalue weighted by Gasteiger charge is -2.15. The maximum Gasteiger partial charge on any atom is 0.234 e. The lowest BCUT2D eigenvalue weighted by Crippen LogP contribution is -2.16. The first-order chi connectivity index (χ1) is 11.6. The molecule has 0 bridgehead atoms. The Hall–Kier alpha value is -1.82. The summed E-state index contributed by atoms with van der Waals surface area (Å²) in [6.07, 6.45) is 3.44. The Morgan fingerprint density at radius 1 is 1.38 bits per heavy atom. The Kier molecular flexibility index (Phi) is 5.23. The van der Waals surface area contributed by atoms with E-state index in [2.05, 4.69) is 35.4 Å². The second kappa shape index (κ2) is 7.38. The summed E-state index contributed by atoms with van der Waals surface area (Å²) in [4.78, 5) is 12.3. The van der Waals surface area contributed by atoms with Gasteiger partial charge in [-0.2, -0.15) is 0 Å². The van der Waals surface area contributed by atoms with Crippen molar-refractivity contribution in [3.8, 4) is 0 Å². The molecule has 2 aromatic rings. The topological polar surface area (TPSA) is 59.8 Å². The van der Waals surface area contributed by atoms with Crippen LogP contribution in [0, 0.1) is 0 Å². The molecule has 1 amide bonds. The van der Waals surface area contributed by atoms with E-state index in [4.69, 9.17) is 0 Å². The highest BCUT2D eigenvalue weighted by atomic mass is 32.2.